The first-order valence-electron chi connectivity index (χ1n) is 6.76. The fourth-order valence-electron chi connectivity index (χ4n) is 2.11. The molecule has 21 heavy (non-hydrogen) atoms. The molecular formula is C14H19ClN4O2. The van der Waals surface area contributed by atoms with Gasteiger partial charge >= 0.3 is 0 Å². The van der Waals surface area contributed by atoms with E-state index >= 15 is 0 Å². The van der Waals surface area contributed by atoms with Crippen LogP contribution in [0.15, 0.2) is 12.3 Å². The summed E-state index contributed by atoms with van der Waals surface area (Å²) in [6.07, 6.45) is 1.71. The number of amides is 1. The Kier molecular flexibility index (Phi) is 5.14. The molecule has 1 atom stereocenters. The minimum absolute atomic E-state index is 0.117. The van der Waals surface area contributed by atoms with Gasteiger partial charge in [-0.15, -0.1) is 11.6 Å². The van der Waals surface area contributed by atoms with Gasteiger partial charge in [-0.05, 0) is 25.5 Å². The standard InChI is InChI=1S/C14H19ClN4O2/c1-9-4-5-17-14-12(9)18-13(10(2)15)19(14)8-11(20)16-6-7-21-3/h4-5,10H,6-8H2,1-3H3,(H,16,20). The number of carbonyl (C=O) groups is 1. The number of methoxy groups -OCH3 is 1. The smallest absolute Gasteiger partial charge is 0.240 e. The van der Waals surface area contributed by atoms with E-state index in [1.165, 1.54) is 0 Å². The summed E-state index contributed by atoms with van der Waals surface area (Å²) in [6, 6.07) is 1.89. The van der Waals surface area contributed by atoms with E-state index < -0.39 is 0 Å². The number of hydrogen-bond donors (Lipinski definition) is 1. The lowest BCUT2D eigenvalue weighted by Gasteiger charge is -2.10. The van der Waals surface area contributed by atoms with Crippen molar-refractivity contribution in [2.45, 2.75) is 25.8 Å². The second-order valence-electron chi connectivity index (χ2n) is 4.81. The minimum Gasteiger partial charge on any atom is -0.383 e. The summed E-state index contributed by atoms with van der Waals surface area (Å²) in [5, 5.41) is 2.48. The van der Waals surface area contributed by atoms with Gasteiger partial charge in [0.2, 0.25) is 5.91 Å². The highest BCUT2D eigenvalue weighted by molar-refractivity contribution is 6.20. The molecule has 1 unspecified atom stereocenters. The first-order chi connectivity index (χ1) is 10.0. The highest BCUT2D eigenvalue weighted by Gasteiger charge is 2.18. The summed E-state index contributed by atoms with van der Waals surface area (Å²) < 4.78 is 6.67. The fraction of sp³-hybridized carbons (Fsp3) is 0.500. The SMILES string of the molecule is COCCNC(=O)Cn1c(C(C)Cl)nc2c(C)ccnc21. The molecule has 1 amide bonds. The van der Waals surface area contributed by atoms with Crippen molar-refractivity contribution in [3.05, 3.63) is 23.7 Å². The van der Waals surface area contributed by atoms with Gasteiger partial charge < -0.3 is 14.6 Å². The fourth-order valence-corrected chi connectivity index (χ4v) is 2.27. The zero-order chi connectivity index (χ0) is 15.4. The molecule has 2 heterocycles. The molecule has 0 bridgehead atoms. The molecule has 6 nitrogen and oxygen atoms in total. The molecular weight excluding hydrogens is 292 g/mol. The van der Waals surface area contributed by atoms with E-state index in [-0.39, 0.29) is 17.8 Å². The summed E-state index contributed by atoms with van der Waals surface area (Å²) in [5.74, 6) is 0.531. The molecule has 114 valence electrons. The first kappa shape index (κ1) is 15.7. The lowest BCUT2D eigenvalue weighted by atomic mass is 10.3. The van der Waals surface area contributed by atoms with E-state index in [9.17, 15) is 4.79 Å². The molecule has 0 aliphatic rings. The van der Waals surface area contributed by atoms with Crippen molar-refractivity contribution in [3.8, 4) is 0 Å². The lowest BCUT2D eigenvalue weighted by molar-refractivity contribution is -0.121. The molecule has 0 saturated carbocycles. The predicted molar refractivity (Wildman–Crippen MR) is 81.4 cm³/mol. The molecule has 7 heteroatoms. The number of fused-ring (bicyclic) bond motifs is 1. The Morgan fingerprint density at radius 2 is 2.33 bits per heavy atom. The van der Waals surface area contributed by atoms with Crippen LogP contribution in [0, 0.1) is 6.92 Å². The van der Waals surface area contributed by atoms with Crippen molar-refractivity contribution in [2.75, 3.05) is 20.3 Å². The molecule has 0 aliphatic carbocycles. The Morgan fingerprint density at radius 3 is 3.00 bits per heavy atom. The second-order valence-corrected chi connectivity index (χ2v) is 5.47. The van der Waals surface area contributed by atoms with Gasteiger partial charge in [-0.3, -0.25) is 4.79 Å². The number of imidazole rings is 1. The van der Waals surface area contributed by atoms with Gasteiger partial charge in [0.1, 0.15) is 17.9 Å². The Morgan fingerprint density at radius 1 is 1.57 bits per heavy atom. The molecule has 0 fully saturated rings. The number of hydrogen-bond acceptors (Lipinski definition) is 4. The third-order valence-corrected chi connectivity index (χ3v) is 3.35. The van der Waals surface area contributed by atoms with Crippen LogP contribution in [0.3, 0.4) is 0 Å². The number of aryl methyl sites for hydroxylation is 1. The van der Waals surface area contributed by atoms with Crippen LogP contribution in [0.5, 0.6) is 0 Å². The average molecular weight is 311 g/mol. The molecule has 2 rings (SSSR count). The number of alkyl halides is 1. The normalized spacial score (nSPS) is 12.6. The Hall–Kier alpha value is -1.66. The number of ether oxygens (including phenoxy) is 1. The van der Waals surface area contributed by atoms with Crippen molar-refractivity contribution in [3.63, 3.8) is 0 Å². The van der Waals surface area contributed by atoms with Gasteiger partial charge in [-0.2, -0.15) is 0 Å². The quantitative estimate of drug-likeness (QED) is 0.652. The molecule has 2 aromatic rings. The number of pyridine rings is 1. The van der Waals surface area contributed by atoms with Crippen LogP contribution in [-0.4, -0.2) is 40.7 Å². The van der Waals surface area contributed by atoms with Crippen molar-refractivity contribution in [2.24, 2.45) is 0 Å². The van der Waals surface area contributed by atoms with Crippen LogP contribution in [0.4, 0.5) is 0 Å². The number of carbonyl (C=O) groups excluding carboxylic acids is 1. The zero-order valence-corrected chi connectivity index (χ0v) is 13.1. The zero-order valence-electron chi connectivity index (χ0n) is 12.4. The van der Waals surface area contributed by atoms with Crippen LogP contribution in [0.25, 0.3) is 11.2 Å². The number of halogens is 1. The Balaban J connectivity index is 2.30. The number of aromatic nitrogens is 3. The molecule has 0 saturated heterocycles. The van der Waals surface area contributed by atoms with Gasteiger partial charge in [0.25, 0.3) is 0 Å². The molecule has 1 N–H and O–H groups in total. The van der Waals surface area contributed by atoms with E-state index in [1.807, 2.05) is 19.9 Å². The van der Waals surface area contributed by atoms with Crippen LogP contribution >= 0.6 is 11.6 Å². The van der Waals surface area contributed by atoms with E-state index in [0.717, 1.165) is 11.1 Å². The maximum atomic E-state index is 12.0. The number of rotatable bonds is 6. The van der Waals surface area contributed by atoms with Gasteiger partial charge in [0.05, 0.1) is 12.0 Å². The average Bonchev–Trinajstić information content (AvgIpc) is 2.80. The van der Waals surface area contributed by atoms with E-state index in [2.05, 4.69) is 15.3 Å². The van der Waals surface area contributed by atoms with Gasteiger partial charge in [-0.25, -0.2) is 9.97 Å². The molecule has 0 aliphatic heterocycles. The predicted octanol–water partition coefficient (Wildman–Crippen LogP) is 1.80. The Bertz CT molecular complexity index is 639. The highest BCUT2D eigenvalue weighted by atomic mass is 35.5. The molecule has 0 spiro atoms. The topological polar surface area (TPSA) is 69.0 Å². The monoisotopic (exact) mass is 310 g/mol. The number of nitrogens with zero attached hydrogens (tertiary/aromatic N) is 3. The highest BCUT2D eigenvalue weighted by Crippen LogP contribution is 2.24. The molecule has 0 radical (unpaired) electrons. The summed E-state index contributed by atoms with van der Waals surface area (Å²) >= 11 is 6.18. The van der Waals surface area contributed by atoms with E-state index in [1.54, 1.807) is 17.9 Å². The summed E-state index contributed by atoms with van der Waals surface area (Å²) in [7, 11) is 1.59. The van der Waals surface area contributed by atoms with E-state index in [4.69, 9.17) is 16.3 Å². The third-order valence-electron chi connectivity index (χ3n) is 3.15. The van der Waals surface area contributed by atoms with Gasteiger partial charge in [0, 0.05) is 19.9 Å². The first-order valence-corrected chi connectivity index (χ1v) is 7.19. The minimum atomic E-state index is -0.301. The summed E-state index contributed by atoms with van der Waals surface area (Å²) in [5.41, 5.74) is 2.47. The maximum Gasteiger partial charge on any atom is 0.240 e. The third kappa shape index (κ3) is 3.51. The largest absolute Gasteiger partial charge is 0.383 e. The second kappa shape index (κ2) is 6.87. The Labute approximate surface area is 128 Å². The maximum absolute atomic E-state index is 12.0. The van der Waals surface area contributed by atoms with Gasteiger partial charge in [-0.1, -0.05) is 0 Å². The van der Waals surface area contributed by atoms with Crippen molar-refractivity contribution >= 4 is 28.7 Å². The molecule has 0 aromatic carbocycles. The van der Waals surface area contributed by atoms with Crippen LogP contribution < -0.4 is 5.32 Å². The van der Waals surface area contributed by atoms with Gasteiger partial charge in [0.15, 0.2) is 5.65 Å². The van der Waals surface area contributed by atoms with Crippen LogP contribution in [-0.2, 0) is 16.1 Å². The number of nitrogens with one attached hydrogen (secondary N) is 1. The van der Waals surface area contributed by atoms with Crippen molar-refractivity contribution in [1.82, 2.24) is 19.9 Å². The van der Waals surface area contributed by atoms with Crippen LogP contribution in [0.1, 0.15) is 23.7 Å². The van der Waals surface area contributed by atoms with Crippen molar-refractivity contribution < 1.29 is 9.53 Å². The van der Waals surface area contributed by atoms with E-state index in [0.29, 0.717) is 24.6 Å². The van der Waals surface area contributed by atoms with Crippen molar-refractivity contribution in [1.29, 1.82) is 0 Å². The summed E-state index contributed by atoms with van der Waals surface area (Å²) in [6.45, 7) is 4.88. The van der Waals surface area contributed by atoms with Crippen LogP contribution in [0.2, 0.25) is 0 Å². The lowest BCUT2D eigenvalue weighted by Crippen LogP contribution is -2.31. The molecule has 2 aromatic heterocycles. The summed E-state index contributed by atoms with van der Waals surface area (Å²) in [4.78, 5) is 20.9.